The Bertz CT molecular complexity index is 955. The summed E-state index contributed by atoms with van der Waals surface area (Å²) in [5.74, 6) is 1.48. The Morgan fingerprint density at radius 3 is 2.31 bits per heavy atom. The number of hydrogen-bond acceptors (Lipinski definition) is 5. The Morgan fingerprint density at radius 1 is 1.00 bits per heavy atom. The van der Waals surface area contributed by atoms with Crippen LogP contribution in [0.4, 0.5) is 5.69 Å². The van der Waals surface area contributed by atoms with Crippen molar-refractivity contribution >= 4 is 11.6 Å². The molecule has 1 fully saturated rings. The molecule has 0 saturated carbocycles. The lowest BCUT2D eigenvalue weighted by Gasteiger charge is -2.36. The number of rotatable bonds is 5. The summed E-state index contributed by atoms with van der Waals surface area (Å²) in [6.07, 6.45) is 1.21. The SMILES string of the molecule is CCc1nc(-c2ccc(N3CCN(C(=O)Cc4ccc(C)cc4)CC3)cc2)no1. The van der Waals surface area contributed by atoms with Gasteiger partial charge in [0.15, 0.2) is 0 Å². The standard InChI is InChI=1S/C23H26N4O2/c1-3-21-24-23(25-29-21)19-8-10-20(11-9-19)26-12-14-27(15-13-26)22(28)16-18-6-4-17(2)5-7-18/h4-11H,3,12-16H2,1-2H3. The molecule has 0 unspecified atom stereocenters. The number of carbonyl (C=O) groups is 1. The van der Waals surface area contributed by atoms with Crippen molar-refractivity contribution in [3.63, 3.8) is 0 Å². The zero-order valence-corrected chi connectivity index (χ0v) is 17.0. The fourth-order valence-corrected chi connectivity index (χ4v) is 3.54. The van der Waals surface area contributed by atoms with Crippen LogP contribution in [0.3, 0.4) is 0 Å². The zero-order valence-electron chi connectivity index (χ0n) is 17.0. The Labute approximate surface area is 171 Å². The fourth-order valence-electron chi connectivity index (χ4n) is 3.54. The van der Waals surface area contributed by atoms with Crippen molar-refractivity contribution in [2.24, 2.45) is 0 Å². The van der Waals surface area contributed by atoms with Crippen LogP contribution in [0.5, 0.6) is 0 Å². The van der Waals surface area contributed by atoms with E-state index in [-0.39, 0.29) is 5.91 Å². The molecule has 0 atom stereocenters. The molecule has 1 aliphatic rings. The van der Waals surface area contributed by atoms with Gasteiger partial charge in [-0.05, 0) is 36.8 Å². The molecule has 2 heterocycles. The van der Waals surface area contributed by atoms with Crippen LogP contribution < -0.4 is 4.90 Å². The predicted octanol–water partition coefficient (Wildman–Crippen LogP) is 3.50. The molecule has 0 spiro atoms. The first-order valence-corrected chi connectivity index (χ1v) is 10.1. The van der Waals surface area contributed by atoms with Gasteiger partial charge in [-0.3, -0.25) is 4.79 Å². The van der Waals surface area contributed by atoms with Crippen molar-refractivity contribution < 1.29 is 9.32 Å². The van der Waals surface area contributed by atoms with Crippen LogP contribution in [-0.4, -0.2) is 47.1 Å². The monoisotopic (exact) mass is 390 g/mol. The first-order chi connectivity index (χ1) is 14.1. The maximum Gasteiger partial charge on any atom is 0.227 e. The Morgan fingerprint density at radius 2 is 1.69 bits per heavy atom. The molecule has 4 rings (SSSR count). The number of piperazine rings is 1. The van der Waals surface area contributed by atoms with Gasteiger partial charge in [0, 0.05) is 43.9 Å². The summed E-state index contributed by atoms with van der Waals surface area (Å²) in [6.45, 7) is 7.21. The van der Waals surface area contributed by atoms with Gasteiger partial charge in [0.2, 0.25) is 17.6 Å². The van der Waals surface area contributed by atoms with Crippen molar-refractivity contribution in [2.75, 3.05) is 31.1 Å². The summed E-state index contributed by atoms with van der Waals surface area (Å²) in [7, 11) is 0. The van der Waals surface area contributed by atoms with E-state index in [0.717, 1.165) is 49.4 Å². The molecule has 29 heavy (non-hydrogen) atoms. The zero-order chi connectivity index (χ0) is 20.2. The van der Waals surface area contributed by atoms with Crippen molar-refractivity contribution in [3.05, 3.63) is 65.5 Å². The first-order valence-electron chi connectivity index (χ1n) is 10.1. The second-order valence-corrected chi connectivity index (χ2v) is 7.44. The number of benzene rings is 2. The van der Waals surface area contributed by atoms with Gasteiger partial charge in [0.1, 0.15) is 0 Å². The van der Waals surface area contributed by atoms with Crippen LogP contribution in [0.2, 0.25) is 0 Å². The molecular formula is C23H26N4O2. The highest BCUT2D eigenvalue weighted by Crippen LogP contribution is 2.22. The number of aromatic nitrogens is 2. The third-order valence-electron chi connectivity index (χ3n) is 5.37. The number of carbonyl (C=O) groups excluding carboxylic acids is 1. The van der Waals surface area contributed by atoms with E-state index in [2.05, 4.69) is 46.2 Å². The highest BCUT2D eigenvalue weighted by Gasteiger charge is 2.21. The van der Waals surface area contributed by atoms with Crippen LogP contribution in [-0.2, 0) is 17.6 Å². The first kappa shape index (κ1) is 19.2. The van der Waals surface area contributed by atoms with Gasteiger partial charge in [-0.25, -0.2) is 0 Å². The molecule has 1 aromatic heterocycles. The molecule has 0 aliphatic carbocycles. The molecule has 2 aromatic carbocycles. The van der Waals surface area contributed by atoms with Crippen LogP contribution >= 0.6 is 0 Å². The molecule has 0 radical (unpaired) electrons. The second kappa shape index (κ2) is 8.47. The third kappa shape index (κ3) is 4.47. The number of anilines is 1. The summed E-state index contributed by atoms with van der Waals surface area (Å²) in [5.41, 5.74) is 4.39. The van der Waals surface area contributed by atoms with Crippen molar-refractivity contribution in [2.45, 2.75) is 26.7 Å². The molecule has 6 heteroatoms. The molecule has 1 aliphatic heterocycles. The molecule has 0 bridgehead atoms. The van der Waals surface area contributed by atoms with E-state index >= 15 is 0 Å². The minimum absolute atomic E-state index is 0.202. The molecule has 3 aromatic rings. The maximum absolute atomic E-state index is 12.6. The second-order valence-electron chi connectivity index (χ2n) is 7.44. The van der Waals surface area contributed by atoms with Crippen LogP contribution in [0.25, 0.3) is 11.4 Å². The molecule has 150 valence electrons. The average Bonchev–Trinajstić information content (AvgIpc) is 3.25. The number of hydrogen-bond donors (Lipinski definition) is 0. The topological polar surface area (TPSA) is 62.5 Å². The predicted molar refractivity (Wildman–Crippen MR) is 113 cm³/mol. The average molecular weight is 390 g/mol. The highest BCUT2D eigenvalue weighted by atomic mass is 16.5. The van der Waals surface area contributed by atoms with Crippen molar-refractivity contribution in [1.82, 2.24) is 15.0 Å². The normalized spacial score (nSPS) is 14.3. The quantitative estimate of drug-likeness (QED) is 0.667. The van der Waals surface area contributed by atoms with Crippen LogP contribution in [0.1, 0.15) is 23.9 Å². The minimum Gasteiger partial charge on any atom is -0.368 e. The Balaban J connectivity index is 1.33. The molecular weight excluding hydrogens is 364 g/mol. The van der Waals surface area contributed by atoms with Crippen LogP contribution in [0.15, 0.2) is 53.1 Å². The number of amides is 1. The lowest BCUT2D eigenvalue weighted by Crippen LogP contribution is -2.49. The largest absolute Gasteiger partial charge is 0.368 e. The summed E-state index contributed by atoms with van der Waals surface area (Å²) in [5, 5.41) is 4.02. The molecule has 1 amide bonds. The fraction of sp³-hybridized carbons (Fsp3) is 0.348. The smallest absolute Gasteiger partial charge is 0.227 e. The van der Waals surface area contributed by atoms with Crippen molar-refractivity contribution in [3.8, 4) is 11.4 Å². The summed E-state index contributed by atoms with van der Waals surface area (Å²) in [4.78, 5) is 21.3. The Kier molecular flexibility index (Phi) is 5.60. The number of nitrogens with zero attached hydrogens (tertiary/aromatic N) is 4. The third-order valence-corrected chi connectivity index (χ3v) is 5.37. The van der Waals surface area contributed by atoms with Gasteiger partial charge < -0.3 is 14.3 Å². The highest BCUT2D eigenvalue weighted by molar-refractivity contribution is 5.79. The van der Waals surface area contributed by atoms with Gasteiger partial charge >= 0.3 is 0 Å². The van der Waals surface area contributed by atoms with Gasteiger partial charge in [0.25, 0.3) is 0 Å². The molecule has 1 saturated heterocycles. The van der Waals surface area contributed by atoms with Crippen molar-refractivity contribution in [1.29, 1.82) is 0 Å². The summed E-state index contributed by atoms with van der Waals surface area (Å²) < 4.78 is 5.19. The lowest BCUT2D eigenvalue weighted by molar-refractivity contribution is -0.130. The lowest BCUT2D eigenvalue weighted by atomic mass is 10.1. The molecule has 6 nitrogen and oxygen atoms in total. The van der Waals surface area contributed by atoms with Crippen LogP contribution in [0, 0.1) is 6.92 Å². The van der Waals surface area contributed by atoms with E-state index in [1.54, 1.807) is 0 Å². The maximum atomic E-state index is 12.6. The summed E-state index contributed by atoms with van der Waals surface area (Å²) >= 11 is 0. The van der Waals surface area contributed by atoms with E-state index < -0.39 is 0 Å². The van der Waals surface area contributed by atoms with Gasteiger partial charge in [-0.15, -0.1) is 0 Å². The number of aryl methyl sites for hydroxylation is 2. The minimum atomic E-state index is 0.202. The van der Waals surface area contributed by atoms with Gasteiger partial charge in [0.05, 0.1) is 6.42 Å². The summed E-state index contributed by atoms with van der Waals surface area (Å²) in [6, 6.07) is 16.4. The van der Waals surface area contributed by atoms with Gasteiger partial charge in [-0.1, -0.05) is 41.9 Å². The Hall–Kier alpha value is -3.15. The van der Waals surface area contributed by atoms with E-state index in [4.69, 9.17) is 4.52 Å². The van der Waals surface area contributed by atoms with E-state index in [1.165, 1.54) is 5.56 Å². The van der Waals surface area contributed by atoms with E-state index in [9.17, 15) is 4.79 Å². The molecule has 0 N–H and O–H groups in total. The van der Waals surface area contributed by atoms with E-state index in [0.29, 0.717) is 18.1 Å². The van der Waals surface area contributed by atoms with E-state index in [1.807, 2.05) is 36.1 Å². The van der Waals surface area contributed by atoms with Gasteiger partial charge in [-0.2, -0.15) is 4.98 Å².